The molecule has 0 bridgehead atoms. The van der Waals surface area contributed by atoms with E-state index in [0.29, 0.717) is 25.7 Å². The Morgan fingerprint density at radius 2 is 0.426 bits per heavy atom. The Morgan fingerprint density at radius 3 is 0.630 bits per heavy atom. The number of hydrogen-bond acceptors (Lipinski definition) is 15. The lowest BCUT2D eigenvalue weighted by Gasteiger charge is -2.21. The Bertz CT molecular complexity index is 2060. The summed E-state index contributed by atoms with van der Waals surface area (Å²) in [6.07, 6.45) is 73.6. The molecule has 5 atom stereocenters. The van der Waals surface area contributed by atoms with Crippen LogP contribution >= 0.6 is 15.6 Å². The Hall–Kier alpha value is -1.94. The zero-order valence-corrected chi connectivity index (χ0v) is 73.0. The van der Waals surface area contributed by atoms with E-state index < -0.39 is 97.5 Å². The van der Waals surface area contributed by atoms with E-state index in [1.54, 1.807) is 0 Å². The summed E-state index contributed by atoms with van der Waals surface area (Å²) in [6.45, 7) is 9.73. The average molecular weight is 1580 g/mol. The maximum Gasteiger partial charge on any atom is 0.472 e. The highest BCUT2D eigenvalue weighted by Gasteiger charge is 2.31. The van der Waals surface area contributed by atoms with Gasteiger partial charge in [-0.1, -0.05) is 427 Å². The standard InChI is InChI=1S/C89H174O17P2/c1-7-9-11-13-15-17-19-21-22-23-24-25-29-32-36-42-48-54-60-66-72-87(92)100-77-84(105-88(93)73-67-61-55-49-43-37-33-30-27-26-28-31-35-39-45-51-57-63-69-81(3)4)79-103-107(95,96)101-75-83(90)76-102-108(97,98)104-80-85(78-99-86(91)71-65-59-53-47-41-34-20-18-16-14-12-10-8-2)106-89(94)74-68-62-56-50-44-38-40-46-52-58-64-70-82(5)6/h81-85,90H,7-80H2,1-6H3,(H,95,96)(H,97,98)/t83-,84-,85-/m1/s1. The quantitative estimate of drug-likeness (QED) is 0.0222. The molecule has 0 radical (unpaired) electrons. The molecular formula is C89H174O17P2. The first-order chi connectivity index (χ1) is 52.4. The van der Waals surface area contributed by atoms with Gasteiger partial charge in [0.25, 0.3) is 0 Å². The number of carbonyl (C=O) groups excluding carboxylic acids is 4. The zero-order chi connectivity index (χ0) is 79.2. The maximum absolute atomic E-state index is 13.2. The highest BCUT2D eigenvalue weighted by molar-refractivity contribution is 7.47. The number of unbranched alkanes of at least 4 members (excludes halogenated alkanes) is 58. The molecule has 0 aliphatic carbocycles. The minimum absolute atomic E-state index is 0.107. The lowest BCUT2D eigenvalue weighted by atomic mass is 10.0. The number of esters is 4. The number of phosphoric acid groups is 2. The number of rotatable bonds is 88. The van der Waals surface area contributed by atoms with Gasteiger partial charge in [0.15, 0.2) is 12.2 Å². The van der Waals surface area contributed by atoms with E-state index >= 15 is 0 Å². The highest BCUT2D eigenvalue weighted by Crippen LogP contribution is 2.45. The SMILES string of the molecule is CCCCCCCCCCCCCCCCCCCCCCC(=O)OC[C@H](COP(=O)(O)OC[C@@H](O)COP(=O)(O)OC[C@@H](COC(=O)CCCCCCCCCCCCCCC)OC(=O)CCCCCCCCCCCCCC(C)C)OC(=O)CCCCCCCCCCCCCCCCCCCCC(C)C. The third-order valence-corrected chi connectivity index (χ3v) is 22.9. The van der Waals surface area contributed by atoms with Crippen LogP contribution in [0.2, 0.25) is 0 Å². The molecule has 0 saturated heterocycles. The number of aliphatic hydroxyl groups is 1. The van der Waals surface area contributed by atoms with E-state index in [2.05, 4.69) is 41.5 Å². The number of phosphoric ester groups is 2. The first-order valence-electron chi connectivity index (χ1n) is 46.0. The van der Waals surface area contributed by atoms with Crippen molar-refractivity contribution in [3.63, 3.8) is 0 Å². The molecule has 0 saturated carbocycles. The van der Waals surface area contributed by atoms with E-state index in [1.807, 2.05) is 0 Å². The Kier molecular flexibility index (Phi) is 78.8. The van der Waals surface area contributed by atoms with Gasteiger partial charge in [-0.3, -0.25) is 37.3 Å². The Morgan fingerprint density at radius 1 is 0.250 bits per heavy atom. The van der Waals surface area contributed by atoms with Gasteiger partial charge in [0.2, 0.25) is 0 Å². The largest absolute Gasteiger partial charge is 0.472 e. The van der Waals surface area contributed by atoms with Crippen molar-refractivity contribution in [2.24, 2.45) is 11.8 Å². The summed E-state index contributed by atoms with van der Waals surface area (Å²) in [5.74, 6) is -0.512. The van der Waals surface area contributed by atoms with Gasteiger partial charge in [0.1, 0.15) is 19.3 Å². The number of carbonyl (C=O) groups is 4. The third kappa shape index (κ3) is 82.1. The molecule has 3 N–H and O–H groups in total. The topological polar surface area (TPSA) is 237 Å². The van der Waals surface area contributed by atoms with Crippen molar-refractivity contribution in [1.29, 1.82) is 0 Å². The third-order valence-electron chi connectivity index (χ3n) is 21.0. The molecule has 0 amide bonds. The van der Waals surface area contributed by atoms with Gasteiger partial charge in [-0.25, -0.2) is 9.13 Å². The first-order valence-corrected chi connectivity index (χ1v) is 49.0. The molecule has 0 fully saturated rings. The monoisotopic (exact) mass is 1580 g/mol. The predicted octanol–water partition coefficient (Wildman–Crippen LogP) is 27.4. The summed E-state index contributed by atoms with van der Waals surface area (Å²) in [5, 5.41) is 10.7. The molecule has 0 rings (SSSR count). The summed E-state index contributed by atoms with van der Waals surface area (Å²) in [5.41, 5.74) is 0. The second-order valence-electron chi connectivity index (χ2n) is 32.9. The van der Waals surface area contributed by atoms with Crippen LogP contribution in [0.5, 0.6) is 0 Å². The highest BCUT2D eigenvalue weighted by atomic mass is 31.2. The van der Waals surface area contributed by atoms with Crippen molar-refractivity contribution in [2.45, 2.75) is 496 Å². The number of ether oxygens (including phenoxy) is 4. The van der Waals surface area contributed by atoms with Gasteiger partial charge in [-0.05, 0) is 37.5 Å². The lowest BCUT2D eigenvalue weighted by molar-refractivity contribution is -0.161. The molecule has 0 aliphatic rings. The van der Waals surface area contributed by atoms with Crippen LogP contribution in [0, 0.1) is 11.8 Å². The predicted molar refractivity (Wildman–Crippen MR) is 446 cm³/mol. The molecule has 0 aromatic rings. The second-order valence-corrected chi connectivity index (χ2v) is 35.8. The van der Waals surface area contributed by atoms with Crippen molar-refractivity contribution in [3.05, 3.63) is 0 Å². The maximum atomic E-state index is 13.2. The van der Waals surface area contributed by atoms with Crippen molar-refractivity contribution < 1.29 is 80.2 Å². The summed E-state index contributed by atoms with van der Waals surface area (Å²) in [4.78, 5) is 73.4. The minimum Gasteiger partial charge on any atom is -0.462 e. The van der Waals surface area contributed by atoms with E-state index in [4.69, 9.17) is 37.0 Å². The van der Waals surface area contributed by atoms with Gasteiger partial charge in [-0.15, -0.1) is 0 Å². The second kappa shape index (κ2) is 80.3. The average Bonchev–Trinajstić information content (AvgIpc) is 0.899. The van der Waals surface area contributed by atoms with Gasteiger partial charge in [0, 0.05) is 25.7 Å². The van der Waals surface area contributed by atoms with Crippen LogP contribution in [-0.4, -0.2) is 96.7 Å². The Labute approximate surface area is 664 Å². The van der Waals surface area contributed by atoms with Crippen LogP contribution in [0.15, 0.2) is 0 Å². The van der Waals surface area contributed by atoms with Gasteiger partial charge >= 0.3 is 39.5 Å². The van der Waals surface area contributed by atoms with Crippen molar-refractivity contribution in [3.8, 4) is 0 Å². The smallest absolute Gasteiger partial charge is 0.462 e. The van der Waals surface area contributed by atoms with Gasteiger partial charge in [0.05, 0.1) is 26.4 Å². The summed E-state index contributed by atoms with van der Waals surface area (Å²) >= 11 is 0. The zero-order valence-electron chi connectivity index (χ0n) is 71.2. The minimum atomic E-state index is -4.97. The van der Waals surface area contributed by atoms with Crippen molar-refractivity contribution in [2.75, 3.05) is 39.6 Å². The van der Waals surface area contributed by atoms with E-state index in [0.717, 1.165) is 102 Å². The molecule has 17 nitrogen and oxygen atoms in total. The molecule has 642 valence electrons. The van der Waals surface area contributed by atoms with E-state index in [-0.39, 0.29) is 25.7 Å². The molecule has 2 unspecified atom stereocenters. The molecule has 0 aliphatic heterocycles. The molecule has 19 heteroatoms. The first kappa shape index (κ1) is 106. The van der Waals surface area contributed by atoms with Crippen LogP contribution in [0.4, 0.5) is 0 Å². The fraction of sp³-hybridized carbons (Fsp3) is 0.955. The van der Waals surface area contributed by atoms with E-state index in [1.165, 1.54) is 295 Å². The summed E-state index contributed by atoms with van der Waals surface area (Å²) < 4.78 is 69.0. The molecule has 0 aromatic heterocycles. The molecule has 0 spiro atoms. The fourth-order valence-electron chi connectivity index (χ4n) is 14.0. The van der Waals surface area contributed by atoms with Crippen LogP contribution in [-0.2, 0) is 65.4 Å². The van der Waals surface area contributed by atoms with Crippen molar-refractivity contribution in [1.82, 2.24) is 0 Å². The Balaban J connectivity index is 5.24. The summed E-state index contributed by atoms with van der Waals surface area (Å²) in [7, 11) is -9.93. The number of hydrogen-bond donors (Lipinski definition) is 3. The number of aliphatic hydroxyl groups excluding tert-OH is 1. The van der Waals surface area contributed by atoms with Crippen LogP contribution < -0.4 is 0 Å². The van der Waals surface area contributed by atoms with Crippen LogP contribution in [0.1, 0.15) is 478 Å². The van der Waals surface area contributed by atoms with Crippen molar-refractivity contribution >= 4 is 39.5 Å². The van der Waals surface area contributed by atoms with Crippen LogP contribution in [0.25, 0.3) is 0 Å². The molecule has 108 heavy (non-hydrogen) atoms. The van der Waals surface area contributed by atoms with Gasteiger partial charge in [-0.2, -0.15) is 0 Å². The molecule has 0 aromatic carbocycles. The fourth-order valence-corrected chi connectivity index (χ4v) is 15.5. The normalized spacial score (nSPS) is 13.8. The molecular weight excluding hydrogens is 1400 g/mol. The molecule has 0 heterocycles. The van der Waals surface area contributed by atoms with Crippen LogP contribution in [0.3, 0.4) is 0 Å². The van der Waals surface area contributed by atoms with E-state index in [9.17, 15) is 43.2 Å². The lowest BCUT2D eigenvalue weighted by Crippen LogP contribution is -2.30. The summed E-state index contributed by atoms with van der Waals surface area (Å²) in [6, 6.07) is 0. The van der Waals surface area contributed by atoms with Gasteiger partial charge < -0.3 is 33.8 Å².